The molecule has 4 aromatic rings. The highest BCUT2D eigenvalue weighted by atomic mass is 32.1. The maximum Gasteiger partial charge on any atom is 0.410 e. The number of aliphatic hydroxyl groups is 1. The Labute approximate surface area is 180 Å². The second-order valence-electron chi connectivity index (χ2n) is 7.24. The largest absolute Gasteiger partial charge is 0.456 e. The van der Waals surface area contributed by atoms with E-state index in [-0.39, 0.29) is 16.3 Å². The van der Waals surface area contributed by atoms with Gasteiger partial charge < -0.3 is 30.6 Å². The molecule has 0 radical (unpaired) electrons. The van der Waals surface area contributed by atoms with Gasteiger partial charge in [-0.15, -0.1) is 0 Å². The van der Waals surface area contributed by atoms with Gasteiger partial charge in [0.25, 0.3) is 0 Å². The Kier molecular flexibility index (Phi) is 4.43. The molecule has 5 rings (SSSR count). The molecule has 0 spiro atoms. The number of primary amides is 1. The molecule has 0 bridgehead atoms. The summed E-state index contributed by atoms with van der Waals surface area (Å²) in [6.07, 6.45) is -0.916. The lowest BCUT2D eigenvalue weighted by Gasteiger charge is -2.19. The Bertz CT molecular complexity index is 1350. The van der Waals surface area contributed by atoms with E-state index in [0.717, 1.165) is 16.7 Å². The Hall–Kier alpha value is -3.81. The van der Waals surface area contributed by atoms with E-state index in [9.17, 15) is 15.2 Å². The number of hydrogen-bond acceptors (Lipinski definition) is 9. The number of aromatic nitrogens is 1. The molecule has 1 amide bonds. The van der Waals surface area contributed by atoms with Gasteiger partial charge in [-0.05, 0) is 18.6 Å². The number of para-hydroxylation sites is 1. The van der Waals surface area contributed by atoms with Crippen LogP contribution in [0.5, 0.6) is 5.06 Å². The molecule has 4 heterocycles. The number of ether oxygens (including phenoxy) is 1. The smallest absolute Gasteiger partial charge is 0.410 e. The third-order valence-corrected chi connectivity index (χ3v) is 6.24. The van der Waals surface area contributed by atoms with Crippen molar-refractivity contribution < 1.29 is 19.1 Å². The highest BCUT2D eigenvalue weighted by Gasteiger charge is 2.30. The van der Waals surface area contributed by atoms with Crippen LogP contribution in [0.4, 0.5) is 16.3 Å². The Morgan fingerprint density at radius 3 is 2.90 bits per heavy atom. The van der Waals surface area contributed by atoms with Crippen LogP contribution in [0.2, 0.25) is 0 Å². The number of thiophene rings is 1. The van der Waals surface area contributed by atoms with Gasteiger partial charge in [0.05, 0.1) is 22.7 Å². The topological polar surface area (TPSA) is 152 Å². The summed E-state index contributed by atoms with van der Waals surface area (Å²) in [7, 11) is 0. The van der Waals surface area contributed by atoms with Crippen molar-refractivity contribution in [3.63, 3.8) is 0 Å². The number of nitriles is 1. The van der Waals surface area contributed by atoms with Crippen LogP contribution in [0.1, 0.15) is 12.0 Å². The zero-order valence-electron chi connectivity index (χ0n) is 16.2. The van der Waals surface area contributed by atoms with Crippen LogP contribution < -0.4 is 21.1 Å². The van der Waals surface area contributed by atoms with Crippen LogP contribution in [0.3, 0.4) is 0 Å². The Morgan fingerprint density at radius 1 is 1.42 bits per heavy atom. The molecule has 1 aliphatic heterocycles. The third kappa shape index (κ3) is 3.11. The molecule has 156 valence electrons. The predicted octanol–water partition coefficient (Wildman–Crippen LogP) is 3.19. The molecule has 9 nitrogen and oxygen atoms in total. The summed E-state index contributed by atoms with van der Waals surface area (Å²) in [5.41, 5.74) is 13.0. The van der Waals surface area contributed by atoms with E-state index >= 15 is 0 Å². The number of hydrogen-bond donors (Lipinski definition) is 3. The average molecular weight is 435 g/mol. The molecule has 1 aromatic carbocycles. The van der Waals surface area contributed by atoms with Crippen molar-refractivity contribution in [2.24, 2.45) is 5.73 Å². The third-order valence-electron chi connectivity index (χ3n) is 5.26. The van der Waals surface area contributed by atoms with Crippen molar-refractivity contribution in [1.29, 1.82) is 5.26 Å². The maximum atomic E-state index is 11.3. The van der Waals surface area contributed by atoms with E-state index in [1.807, 2.05) is 35.2 Å². The number of amides is 1. The number of nitrogen functional groups attached to an aromatic ring is 1. The van der Waals surface area contributed by atoms with Gasteiger partial charge in [0.1, 0.15) is 33.6 Å². The van der Waals surface area contributed by atoms with Gasteiger partial charge in [0.2, 0.25) is 5.06 Å². The molecule has 1 saturated heterocycles. The molecule has 3 aromatic heterocycles. The fraction of sp³-hybridized carbons (Fsp3) is 0.190. The number of fused-ring (bicyclic) bond motifs is 2. The first-order valence-electron chi connectivity index (χ1n) is 9.51. The van der Waals surface area contributed by atoms with Gasteiger partial charge in [-0.1, -0.05) is 29.5 Å². The molecular formula is C21H17N5O4S. The number of carbonyl (C=O) groups excluding carboxylic acids is 1. The molecule has 0 saturated carbocycles. The first kappa shape index (κ1) is 19.2. The quantitative estimate of drug-likeness (QED) is 0.444. The fourth-order valence-corrected chi connectivity index (χ4v) is 4.87. The van der Waals surface area contributed by atoms with Gasteiger partial charge in [0.15, 0.2) is 0 Å². The number of rotatable bonds is 3. The summed E-state index contributed by atoms with van der Waals surface area (Å²) >= 11 is 1.06. The number of aliphatic hydroxyl groups excluding tert-OH is 1. The maximum absolute atomic E-state index is 11.3. The minimum atomic E-state index is -0.994. The van der Waals surface area contributed by atoms with E-state index < -0.39 is 12.2 Å². The number of anilines is 2. The van der Waals surface area contributed by atoms with Crippen LogP contribution in [0, 0.1) is 11.3 Å². The second kappa shape index (κ2) is 7.16. The lowest BCUT2D eigenvalue weighted by Crippen LogP contribution is -2.23. The zero-order valence-corrected chi connectivity index (χ0v) is 17.0. The highest BCUT2D eigenvalue weighted by molar-refractivity contribution is 7.21. The molecule has 1 fully saturated rings. The summed E-state index contributed by atoms with van der Waals surface area (Å²) in [6.45, 7) is 0.914. The number of benzene rings is 1. The van der Waals surface area contributed by atoms with Crippen LogP contribution in [0.15, 0.2) is 34.7 Å². The van der Waals surface area contributed by atoms with Gasteiger partial charge in [0, 0.05) is 18.5 Å². The normalized spacial score (nSPS) is 16.1. The van der Waals surface area contributed by atoms with Crippen LogP contribution >= 0.6 is 11.3 Å². The first-order chi connectivity index (χ1) is 15.0. The minimum Gasteiger partial charge on any atom is -0.456 e. The van der Waals surface area contributed by atoms with E-state index in [1.54, 1.807) is 0 Å². The summed E-state index contributed by atoms with van der Waals surface area (Å²) in [5.74, 6) is 0.871. The van der Waals surface area contributed by atoms with E-state index in [2.05, 4.69) is 11.1 Å². The molecule has 5 N–H and O–H groups in total. The number of carbonyl (C=O) groups is 1. The lowest BCUT2D eigenvalue weighted by molar-refractivity contribution is 0.198. The van der Waals surface area contributed by atoms with Crippen molar-refractivity contribution in [2.75, 3.05) is 23.7 Å². The molecule has 10 heteroatoms. The van der Waals surface area contributed by atoms with Crippen molar-refractivity contribution in [2.45, 2.75) is 12.5 Å². The number of nitrogens with two attached hydrogens (primary N) is 2. The van der Waals surface area contributed by atoms with Crippen molar-refractivity contribution >= 4 is 50.1 Å². The lowest BCUT2D eigenvalue weighted by atomic mass is 10.0. The number of pyridine rings is 1. The minimum absolute atomic E-state index is 0.106. The zero-order chi connectivity index (χ0) is 21.7. The average Bonchev–Trinajstić information content (AvgIpc) is 3.44. The van der Waals surface area contributed by atoms with Gasteiger partial charge in [-0.2, -0.15) is 5.26 Å². The summed E-state index contributed by atoms with van der Waals surface area (Å²) in [5, 5.41) is 21.5. The van der Waals surface area contributed by atoms with E-state index in [1.165, 1.54) is 0 Å². The Balaban J connectivity index is 1.84. The molecule has 1 aliphatic rings. The van der Waals surface area contributed by atoms with Crippen molar-refractivity contribution in [1.82, 2.24) is 4.98 Å². The highest BCUT2D eigenvalue weighted by Crippen LogP contribution is 2.48. The Morgan fingerprint density at radius 2 is 2.23 bits per heavy atom. The number of furan rings is 1. The van der Waals surface area contributed by atoms with Gasteiger partial charge >= 0.3 is 6.09 Å². The number of nitrogens with zero attached hydrogens (tertiary/aromatic N) is 3. The standard InChI is InChI=1S/C21H17N5O4S/c22-8-12-15(14-7-10-3-1-2-4-13(10)29-14)16-17(23)20(30-21(24)28)31-19(16)25-18(12)26-6-5-11(27)9-26/h1-4,7,11,27H,5-6,9,23H2,(H2,24,28). The fourth-order valence-electron chi connectivity index (χ4n) is 3.91. The summed E-state index contributed by atoms with van der Waals surface area (Å²) < 4.78 is 11.1. The first-order valence-corrected chi connectivity index (χ1v) is 10.3. The van der Waals surface area contributed by atoms with Gasteiger partial charge in [-0.3, -0.25) is 0 Å². The number of β-amino-alcohol motifs (C(OH)–C–C–N with tert-alkyl or cyclic N) is 1. The van der Waals surface area contributed by atoms with Crippen LogP contribution in [-0.4, -0.2) is 35.4 Å². The second-order valence-corrected chi connectivity index (χ2v) is 8.20. The SMILES string of the molecule is N#Cc1c(N2CCC(O)C2)nc2sc(OC(N)=O)c(N)c2c1-c1cc2ccccc2o1. The van der Waals surface area contributed by atoms with Crippen LogP contribution in [-0.2, 0) is 0 Å². The van der Waals surface area contributed by atoms with Crippen molar-refractivity contribution in [3.8, 4) is 22.5 Å². The summed E-state index contributed by atoms with van der Waals surface area (Å²) in [6, 6.07) is 11.6. The monoisotopic (exact) mass is 435 g/mol. The van der Waals surface area contributed by atoms with Gasteiger partial charge in [-0.25, -0.2) is 9.78 Å². The molecule has 31 heavy (non-hydrogen) atoms. The van der Waals surface area contributed by atoms with Crippen LogP contribution in [0.25, 0.3) is 32.5 Å². The van der Waals surface area contributed by atoms with Crippen molar-refractivity contribution in [3.05, 3.63) is 35.9 Å². The predicted molar refractivity (Wildman–Crippen MR) is 117 cm³/mol. The van der Waals surface area contributed by atoms with E-state index in [0.29, 0.717) is 52.5 Å². The van der Waals surface area contributed by atoms with E-state index in [4.69, 9.17) is 20.6 Å². The molecule has 1 unspecified atom stereocenters. The molecule has 1 atom stereocenters. The molecular weight excluding hydrogens is 418 g/mol. The summed E-state index contributed by atoms with van der Waals surface area (Å²) in [4.78, 5) is 18.3. The molecule has 0 aliphatic carbocycles.